The molecule has 0 N–H and O–H groups in total. The molecule has 100 valence electrons. The van der Waals surface area contributed by atoms with Gasteiger partial charge in [0.2, 0.25) is 0 Å². The summed E-state index contributed by atoms with van der Waals surface area (Å²) in [6, 6.07) is -0.0331. The average Bonchev–Trinajstić information content (AvgIpc) is 2.25. The lowest BCUT2D eigenvalue weighted by Gasteiger charge is -2.10. The van der Waals surface area contributed by atoms with Crippen LogP contribution in [-0.2, 0) is 6.18 Å². The maximum absolute atomic E-state index is 12.5. The van der Waals surface area contributed by atoms with E-state index in [4.69, 9.17) is 0 Å². The van der Waals surface area contributed by atoms with Gasteiger partial charge in [-0.3, -0.25) is 0 Å². The first-order valence-electron chi connectivity index (χ1n) is 4.27. The van der Waals surface area contributed by atoms with Crippen molar-refractivity contribution in [2.24, 2.45) is 0 Å². The van der Waals surface area contributed by atoms with E-state index in [1.165, 1.54) is 0 Å². The minimum Gasteiger partial charge on any atom is -0.462 e. The summed E-state index contributed by atoms with van der Waals surface area (Å²) in [6.07, 6.45) is -8.46. The number of hydrogen-bond donors (Lipinski definition) is 0. The Labute approximate surface area is 96.3 Å². The summed E-state index contributed by atoms with van der Waals surface area (Å²) in [7, 11) is 0.866. The Morgan fingerprint density at radius 3 is 2.33 bits per heavy atom. The van der Waals surface area contributed by atoms with Crippen molar-refractivity contribution in [3.05, 3.63) is 27.3 Å². The molecular weight excluding hydrogens is 267 g/mol. The van der Waals surface area contributed by atoms with Gasteiger partial charge in [-0.2, -0.15) is 13.2 Å². The Hall–Kier alpha value is -2.00. The van der Waals surface area contributed by atoms with Crippen LogP contribution in [0.4, 0.5) is 27.8 Å². The minimum atomic E-state index is -5.16. The molecule has 0 unspecified atom stereocenters. The van der Waals surface area contributed by atoms with Crippen LogP contribution in [0.1, 0.15) is 17.6 Å². The first-order chi connectivity index (χ1) is 8.18. The van der Waals surface area contributed by atoms with E-state index < -0.39 is 40.3 Å². The predicted octanol–water partition coefficient (Wildman–Crippen LogP) is 2.95. The van der Waals surface area contributed by atoms with Gasteiger partial charge in [-0.15, -0.1) is 0 Å². The maximum atomic E-state index is 12.5. The van der Waals surface area contributed by atoms with Gasteiger partial charge in [0.05, 0.1) is 7.11 Å². The van der Waals surface area contributed by atoms with E-state index in [9.17, 15) is 32.1 Å². The van der Waals surface area contributed by atoms with Crippen LogP contribution in [0.25, 0.3) is 0 Å². The Bertz CT molecular complexity index is 475. The maximum Gasteiger partial charge on any atom is 0.424 e. The molecule has 1 rings (SSSR count). The van der Waals surface area contributed by atoms with Gasteiger partial charge in [0, 0.05) is 4.98 Å². The Kier molecular flexibility index (Phi) is 3.67. The summed E-state index contributed by atoms with van der Waals surface area (Å²) >= 11 is 0. The highest BCUT2D eigenvalue weighted by atomic mass is 19.4. The van der Waals surface area contributed by atoms with E-state index in [1.54, 1.807) is 0 Å². The molecule has 0 radical (unpaired) electrons. The van der Waals surface area contributed by atoms with Crippen molar-refractivity contribution >= 4 is 5.82 Å². The van der Waals surface area contributed by atoms with Crippen molar-refractivity contribution in [2.75, 3.05) is 7.11 Å². The number of halogens is 5. The van der Waals surface area contributed by atoms with Crippen LogP contribution < -0.4 is 4.74 Å². The van der Waals surface area contributed by atoms with E-state index in [0.717, 1.165) is 7.11 Å². The lowest BCUT2D eigenvalue weighted by atomic mass is 10.1. The van der Waals surface area contributed by atoms with Crippen molar-refractivity contribution in [3.63, 3.8) is 0 Å². The molecule has 0 saturated heterocycles. The van der Waals surface area contributed by atoms with Gasteiger partial charge in [0.1, 0.15) is 5.56 Å². The Balaban J connectivity index is 3.58. The first kappa shape index (κ1) is 14.1. The summed E-state index contributed by atoms with van der Waals surface area (Å²) in [6.45, 7) is 0. The van der Waals surface area contributed by atoms with Gasteiger partial charge in [0.25, 0.3) is 6.43 Å². The van der Waals surface area contributed by atoms with Gasteiger partial charge in [0.15, 0.2) is 5.56 Å². The third-order valence-corrected chi connectivity index (χ3v) is 1.90. The van der Waals surface area contributed by atoms with Crippen molar-refractivity contribution < 1.29 is 31.6 Å². The second kappa shape index (κ2) is 4.70. The number of nitro groups is 1. The molecular formula is C8H5F5N2O3. The normalized spacial score (nSPS) is 11.7. The van der Waals surface area contributed by atoms with E-state index in [2.05, 4.69) is 9.72 Å². The molecule has 0 bridgehead atoms. The number of pyridine rings is 1. The van der Waals surface area contributed by atoms with Crippen LogP contribution in [0.15, 0.2) is 6.07 Å². The number of hydrogen-bond acceptors (Lipinski definition) is 4. The highest BCUT2D eigenvalue weighted by Crippen LogP contribution is 2.40. The van der Waals surface area contributed by atoms with Crippen molar-refractivity contribution in [1.29, 1.82) is 0 Å². The minimum absolute atomic E-state index is 0.0331. The van der Waals surface area contributed by atoms with Crippen molar-refractivity contribution in [2.45, 2.75) is 12.6 Å². The third kappa shape index (κ3) is 2.63. The molecule has 0 aliphatic carbocycles. The molecule has 1 heterocycles. The Morgan fingerprint density at radius 2 is 2.00 bits per heavy atom. The zero-order valence-corrected chi connectivity index (χ0v) is 8.66. The predicted molar refractivity (Wildman–Crippen MR) is 47.4 cm³/mol. The summed E-state index contributed by atoms with van der Waals surface area (Å²) in [4.78, 5) is 11.9. The Morgan fingerprint density at radius 1 is 1.44 bits per heavy atom. The largest absolute Gasteiger partial charge is 0.462 e. The van der Waals surface area contributed by atoms with Gasteiger partial charge in [-0.05, 0) is 11.0 Å². The van der Waals surface area contributed by atoms with E-state index in [1.807, 2.05) is 0 Å². The molecule has 1 aromatic heterocycles. The van der Waals surface area contributed by atoms with Crippen LogP contribution >= 0.6 is 0 Å². The highest BCUT2D eigenvalue weighted by molar-refractivity contribution is 5.43. The van der Waals surface area contributed by atoms with Crippen LogP contribution in [0.2, 0.25) is 0 Å². The second-order valence-electron chi connectivity index (χ2n) is 3.01. The van der Waals surface area contributed by atoms with Gasteiger partial charge < -0.3 is 14.9 Å². The topological polar surface area (TPSA) is 65.3 Å². The van der Waals surface area contributed by atoms with Crippen LogP contribution in [0.5, 0.6) is 5.88 Å². The molecule has 0 aromatic carbocycles. The van der Waals surface area contributed by atoms with E-state index in [-0.39, 0.29) is 6.07 Å². The number of rotatable bonds is 3. The van der Waals surface area contributed by atoms with Gasteiger partial charge >= 0.3 is 17.9 Å². The smallest absolute Gasteiger partial charge is 0.424 e. The molecule has 0 atom stereocenters. The molecule has 1 aromatic rings. The summed E-state index contributed by atoms with van der Waals surface area (Å²) in [5, 5.41) is 10.4. The van der Waals surface area contributed by atoms with Crippen LogP contribution in [0, 0.1) is 10.1 Å². The molecule has 10 heteroatoms. The molecule has 18 heavy (non-hydrogen) atoms. The first-order valence-corrected chi connectivity index (χ1v) is 4.27. The van der Waals surface area contributed by atoms with Crippen molar-refractivity contribution in [3.8, 4) is 5.88 Å². The fraction of sp³-hybridized carbons (Fsp3) is 0.375. The zero-order valence-electron chi connectivity index (χ0n) is 8.66. The molecule has 5 nitrogen and oxygen atoms in total. The van der Waals surface area contributed by atoms with E-state index >= 15 is 0 Å². The number of ether oxygens (including phenoxy) is 1. The van der Waals surface area contributed by atoms with Gasteiger partial charge in [-0.25, -0.2) is 8.78 Å². The van der Waals surface area contributed by atoms with Crippen molar-refractivity contribution in [1.82, 2.24) is 4.98 Å². The molecule has 0 spiro atoms. The average molecular weight is 272 g/mol. The van der Waals surface area contributed by atoms with Crippen LogP contribution in [0.3, 0.4) is 0 Å². The monoisotopic (exact) mass is 272 g/mol. The second-order valence-corrected chi connectivity index (χ2v) is 3.01. The molecule has 0 amide bonds. The van der Waals surface area contributed by atoms with Gasteiger partial charge in [-0.1, -0.05) is 0 Å². The summed E-state index contributed by atoms with van der Waals surface area (Å²) in [5.74, 6) is -2.49. The molecule has 0 aliphatic rings. The highest BCUT2D eigenvalue weighted by Gasteiger charge is 2.42. The standard InChI is InChI=1S/C8H5F5N2O3/c1-18-7-3(5(9)10)2-4(8(11,12)13)6(14-7)15(16)17/h2,5H,1H3. The zero-order chi connectivity index (χ0) is 14.1. The van der Waals surface area contributed by atoms with Crippen LogP contribution in [-0.4, -0.2) is 17.0 Å². The lowest BCUT2D eigenvalue weighted by molar-refractivity contribution is -0.392. The SMILES string of the molecule is COc1nc([N+](=O)[O-])c(C(F)(F)F)cc1C(F)F. The number of methoxy groups -OCH3 is 1. The van der Waals surface area contributed by atoms with E-state index in [0.29, 0.717) is 0 Å². The number of nitrogens with zero attached hydrogens (tertiary/aromatic N) is 2. The fourth-order valence-corrected chi connectivity index (χ4v) is 1.17. The summed E-state index contributed by atoms with van der Waals surface area (Å²) in [5.41, 5.74) is -3.00. The summed E-state index contributed by atoms with van der Waals surface area (Å²) < 4.78 is 66.6. The number of alkyl halides is 5. The fourth-order valence-electron chi connectivity index (χ4n) is 1.17. The molecule has 0 saturated carbocycles. The number of aromatic nitrogens is 1. The third-order valence-electron chi connectivity index (χ3n) is 1.90. The quantitative estimate of drug-likeness (QED) is 0.482. The molecule has 0 fully saturated rings. The lowest BCUT2D eigenvalue weighted by Crippen LogP contribution is -2.12. The molecule has 0 aliphatic heterocycles.